The summed E-state index contributed by atoms with van der Waals surface area (Å²) < 4.78 is 1.17. The number of halogens is 1. The molecular formula is C16H20IN3. The van der Waals surface area contributed by atoms with Crippen LogP contribution in [0.25, 0.3) is 0 Å². The number of hydrogen-bond acceptors (Lipinski definition) is 3. The van der Waals surface area contributed by atoms with Crippen molar-refractivity contribution in [3.63, 3.8) is 0 Å². The first kappa shape index (κ1) is 15.0. The van der Waals surface area contributed by atoms with Gasteiger partial charge < -0.3 is 16.0 Å². The van der Waals surface area contributed by atoms with Crippen molar-refractivity contribution in [2.24, 2.45) is 0 Å². The van der Waals surface area contributed by atoms with E-state index in [2.05, 4.69) is 64.1 Å². The molecule has 0 aromatic heterocycles. The van der Waals surface area contributed by atoms with Gasteiger partial charge in [-0.15, -0.1) is 0 Å². The van der Waals surface area contributed by atoms with Crippen LogP contribution in [0.2, 0.25) is 0 Å². The number of para-hydroxylation sites is 1. The second-order valence-electron chi connectivity index (χ2n) is 4.78. The Balaban J connectivity index is 1.76. The summed E-state index contributed by atoms with van der Waals surface area (Å²) in [6.45, 7) is 1.99. The van der Waals surface area contributed by atoms with Crippen LogP contribution >= 0.6 is 22.6 Å². The lowest BCUT2D eigenvalue weighted by molar-refractivity contribution is 0.816. The molecule has 3 nitrogen and oxygen atoms in total. The SMILES string of the molecule is CN(CCCNc1ccc(N)cc1I)c1ccccc1. The van der Waals surface area contributed by atoms with E-state index in [4.69, 9.17) is 5.73 Å². The summed E-state index contributed by atoms with van der Waals surface area (Å²) in [5.74, 6) is 0. The van der Waals surface area contributed by atoms with Crippen LogP contribution in [0.15, 0.2) is 48.5 Å². The molecule has 0 aliphatic heterocycles. The third-order valence-electron chi connectivity index (χ3n) is 3.18. The average molecular weight is 381 g/mol. The van der Waals surface area contributed by atoms with Crippen LogP contribution in [0.4, 0.5) is 17.1 Å². The van der Waals surface area contributed by atoms with Crippen LogP contribution in [-0.4, -0.2) is 20.1 Å². The molecule has 4 heteroatoms. The molecule has 0 radical (unpaired) electrons. The molecule has 0 bridgehead atoms. The zero-order chi connectivity index (χ0) is 14.4. The van der Waals surface area contributed by atoms with Gasteiger partial charge >= 0.3 is 0 Å². The molecule has 0 amide bonds. The maximum atomic E-state index is 5.75. The number of nitrogens with zero attached hydrogens (tertiary/aromatic N) is 1. The van der Waals surface area contributed by atoms with E-state index in [-0.39, 0.29) is 0 Å². The van der Waals surface area contributed by atoms with Gasteiger partial charge in [-0.05, 0) is 59.3 Å². The third-order valence-corrected chi connectivity index (χ3v) is 4.07. The van der Waals surface area contributed by atoms with Gasteiger partial charge in [0.2, 0.25) is 0 Å². The zero-order valence-electron chi connectivity index (χ0n) is 11.6. The Morgan fingerprint density at radius 2 is 1.90 bits per heavy atom. The summed E-state index contributed by atoms with van der Waals surface area (Å²) in [6.07, 6.45) is 1.09. The lowest BCUT2D eigenvalue weighted by Gasteiger charge is -2.19. The normalized spacial score (nSPS) is 10.3. The van der Waals surface area contributed by atoms with E-state index >= 15 is 0 Å². The summed E-state index contributed by atoms with van der Waals surface area (Å²) in [7, 11) is 2.13. The summed E-state index contributed by atoms with van der Waals surface area (Å²) in [5.41, 5.74) is 8.97. The molecule has 20 heavy (non-hydrogen) atoms. The number of anilines is 3. The zero-order valence-corrected chi connectivity index (χ0v) is 13.8. The lowest BCUT2D eigenvalue weighted by atomic mass is 10.2. The average Bonchev–Trinajstić information content (AvgIpc) is 2.46. The van der Waals surface area contributed by atoms with Crippen LogP contribution in [0.5, 0.6) is 0 Å². The molecule has 0 saturated carbocycles. The molecule has 0 atom stereocenters. The summed E-state index contributed by atoms with van der Waals surface area (Å²) >= 11 is 2.31. The standard InChI is InChI=1S/C16H20IN3/c1-20(14-6-3-2-4-7-14)11-5-10-19-16-9-8-13(18)12-15(16)17/h2-4,6-9,12,19H,5,10-11,18H2,1H3. The van der Waals surface area contributed by atoms with Crippen molar-refractivity contribution in [3.05, 3.63) is 52.1 Å². The molecule has 106 valence electrons. The maximum absolute atomic E-state index is 5.75. The van der Waals surface area contributed by atoms with Crippen LogP contribution in [0.3, 0.4) is 0 Å². The molecule has 0 saturated heterocycles. The van der Waals surface area contributed by atoms with Gasteiger partial charge in [-0.1, -0.05) is 18.2 Å². The fraction of sp³-hybridized carbons (Fsp3) is 0.250. The van der Waals surface area contributed by atoms with Gasteiger partial charge in [-0.3, -0.25) is 0 Å². The van der Waals surface area contributed by atoms with Gasteiger partial charge in [0.15, 0.2) is 0 Å². The van der Waals surface area contributed by atoms with E-state index in [9.17, 15) is 0 Å². The lowest BCUT2D eigenvalue weighted by Crippen LogP contribution is -2.20. The first-order chi connectivity index (χ1) is 9.66. The van der Waals surface area contributed by atoms with Gasteiger partial charge in [0.1, 0.15) is 0 Å². The van der Waals surface area contributed by atoms with Gasteiger partial charge in [-0.2, -0.15) is 0 Å². The van der Waals surface area contributed by atoms with Crippen molar-refractivity contribution in [3.8, 4) is 0 Å². The van der Waals surface area contributed by atoms with Crippen molar-refractivity contribution in [1.82, 2.24) is 0 Å². The highest BCUT2D eigenvalue weighted by Crippen LogP contribution is 2.20. The second kappa shape index (κ2) is 7.38. The third kappa shape index (κ3) is 4.30. The summed E-state index contributed by atoms with van der Waals surface area (Å²) in [6, 6.07) is 16.4. The number of nitrogens with two attached hydrogens (primary N) is 1. The molecule has 2 aromatic carbocycles. The molecule has 0 heterocycles. The fourth-order valence-corrected chi connectivity index (χ4v) is 2.76. The van der Waals surface area contributed by atoms with E-state index in [1.165, 1.54) is 9.26 Å². The molecule has 0 aliphatic rings. The number of nitrogens with one attached hydrogen (secondary N) is 1. The highest BCUT2D eigenvalue weighted by atomic mass is 127. The van der Waals surface area contributed by atoms with Crippen molar-refractivity contribution >= 4 is 39.7 Å². The largest absolute Gasteiger partial charge is 0.399 e. The first-order valence-corrected chi connectivity index (χ1v) is 7.80. The number of benzene rings is 2. The molecule has 2 aromatic rings. The molecule has 2 rings (SSSR count). The smallest absolute Gasteiger partial charge is 0.0477 e. The Morgan fingerprint density at radius 1 is 1.15 bits per heavy atom. The van der Waals surface area contributed by atoms with Gasteiger partial charge in [-0.25, -0.2) is 0 Å². The van der Waals surface area contributed by atoms with Crippen molar-refractivity contribution in [2.75, 3.05) is 36.1 Å². The predicted octanol–water partition coefficient (Wildman–Crippen LogP) is 3.81. The monoisotopic (exact) mass is 381 g/mol. The fourth-order valence-electron chi connectivity index (χ4n) is 2.03. The van der Waals surface area contributed by atoms with Crippen LogP contribution in [0.1, 0.15) is 6.42 Å². The predicted molar refractivity (Wildman–Crippen MR) is 96.4 cm³/mol. The van der Waals surface area contributed by atoms with Crippen molar-refractivity contribution < 1.29 is 0 Å². The molecule has 0 fully saturated rings. The van der Waals surface area contributed by atoms with E-state index in [1.54, 1.807) is 0 Å². The highest BCUT2D eigenvalue weighted by Gasteiger charge is 2.01. The quantitative estimate of drug-likeness (QED) is 0.454. The number of rotatable bonds is 6. The van der Waals surface area contributed by atoms with Crippen LogP contribution in [0, 0.1) is 3.57 Å². The molecule has 0 unspecified atom stereocenters. The van der Waals surface area contributed by atoms with Gasteiger partial charge in [0, 0.05) is 40.8 Å². The Hall–Kier alpha value is -1.43. The Morgan fingerprint density at radius 3 is 2.60 bits per heavy atom. The number of hydrogen-bond donors (Lipinski definition) is 2. The molecule has 3 N–H and O–H groups in total. The summed E-state index contributed by atoms with van der Waals surface area (Å²) in [5, 5.41) is 3.46. The van der Waals surface area contributed by atoms with E-state index in [0.29, 0.717) is 0 Å². The van der Waals surface area contributed by atoms with Gasteiger partial charge in [0.05, 0.1) is 0 Å². The number of nitrogen functional groups attached to an aromatic ring is 1. The van der Waals surface area contributed by atoms with E-state index < -0.39 is 0 Å². The molecular weight excluding hydrogens is 361 g/mol. The first-order valence-electron chi connectivity index (χ1n) is 6.72. The van der Waals surface area contributed by atoms with E-state index in [0.717, 1.165) is 30.9 Å². The highest BCUT2D eigenvalue weighted by molar-refractivity contribution is 14.1. The van der Waals surface area contributed by atoms with Crippen molar-refractivity contribution in [1.29, 1.82) is 0 Å². The Kier molecular flexibility index (Phi) is 5.52. The minimum absolute atomic E-state index is 0.809. The molecule has 0 aliphatic carbocycles. The van der Waals surface area contributed by atoms with Crippen LogP contribution < -0.4 is 16.0 Å². The topological polar surface area (TPSA) is 41.3 Å². The minimum Gasteiger partial charge on any atom is -0.399 e. The van der Waals surface area contributed by atoms with E-state index in [1.807, 2.05) is 24.3 Å². The van der Waals surface area contributed by atoms with Gasteiger partial charge in [0.25, 0.3) is 0 Å². The Labute approximate surface area is 134 Å². The minimum atomic E-state index is 0.809. The van der Waals surface area contributed by atoms with Crippen molar-refractivity contribution in [2.45, 2.75) is 6.42 Å². The summed E-state index contributed by atoms with van der Waals surface area (Å²) in [4.78, 5) is 2.27. The second-order valence-corrected chi connectivity index (χ2v) is 5.94. The maximum Gasteiger partial charge on any atom is 0.0477 e. The van der Waals surface area contributed by atoms with Crippen LogP contribution in [-0.2, 0) is 0 Å². The molecule has 0 spiro atoms. The Bertz CT molecular complexity index is 543.